The minimum Gasteiger partial charge on any atom is -0.368 e. The van der Waals surface area contributed by atoms with Crippen LogP contribution in [0.5, 0.6) is 0 Å². The summed E-state index contributed by atoms with van der Waals surface area (Å²) in [6, 6.07) is 1.74. The molecular weight excluding hydrogens is 247 g/mol. The molecule has 2 aromatic rings. The van der Waals surface area contributed by atoms with Crippen LogP contribution in [-0.4, -0.2) is 33.3 Å². The Morgan fingerprint density at radius 3 is 2.68 bits per heavy atom. The normalized spacial score (nSPS) is 15.2. The van der Waals surface area contributed by atoms with Crippen molar-refractivity contribution in [2.24, 2.45) is 0 Å². The van der Waals surface area contributed by atoms with Gasteiger partial charge in [0.25, 0.3) is 0 Å². The lowest BCUT2D eigenvalue weighted by Gasteiger charge is -2.16. The van der Waals surface area contributed by atoms with Crippen LogP contribution in [0.4, 0.5) is 16.2 Å². The third-order valence-corrected chi connectivity index (χ3v) is 3.28. The second-order valence-corrected chi connectivity index (χ2v) is 4.67. The molecule has 0 amide bonds. The van der Waals surface area contributed by atoms with Gasteiger partial charge in [0.15, 0.2) is 5.82 Å². The van der Waals surface area contributed by atoms with Gasteiger partial charge in [-0.15, -0.1) is 0 Å². The maximum atomic E-state index is 13.9. The molecule has 1 aliphatic rings. The van der Waals surface area contributed by atoms with E-state index < -0.39 is 5.82 Å². The maximum absolute atomic E-state index is 13.9. The average Bonchev–Trinajstić information content (AvgIpc) is 3.01. The first kappa shape index (κ1) is 11.9. The van der Waals surface area contributed by atoms with E-state index in [1.54, 1.807) is 13.0 Å². The van der Waals surface area contributed by atoms with Gasteiger partial charge in [0.05, 0.1) is 5.69 Å². The van der Waals surface area contributed by atoms with Crippen LogP contribution in [0.15, 0.2) is 6.07 Å². The van der Waals surface area contributed by atoms with Crippen molar-refractivity contribution in [1.82, 2.24) is 20.2 Å². The fourth-order valence-corrected chi connectivity index (χ4v) is 2.27. The summed E-state index contributed by atoms with van der Waals surface area (Å²) in [5, 5.41) is 6.53. The van der Waals surface area contributed by atoms with E-state index >= 15 is 0 Å². The summed E-state index contributed by atoms with van der Waals surface area (Å²) in [6.07, 6.45) is 2.27. The summed E-state index contributed by atoms with van der Waals surface area (Å²) >= 11 is 0. The van der Waals surface area contributed by atoms with Crippen LogP contribution in [0.25, 0.3) is 11.4 Å². The number of anilines is 2. The third kappa shape index (κ3) is 2.11. The zero-order valence-corrected chi connectivity index (χ0v) is 10.6. The van der Waals surface area contributed by atoms with Gasteiger partial charge in [-0.2, -0.15) is 10.1 Å². The lowest BCUT2D eigenvalue weighted by molar-refractivity contribution is 0.622. The van der Waals surface area contributed by atoms with Crippen molar-refractivity contribution in [3.63, 3.8) is 0 Å². The molecule has 2 aromatic heterocycles. The number of aryl methyl sites for hydroxylation is 1. The summed E-state index contributed by atoms with van der Waals surface area (Å²) in [5.41, 5.74) is 6.70. The fourth-order valence-electron chi connectivity index (χ4n) is 2.27. The molecule has 1 aliphatic heterocycles. The van der Waals surface area contributed by atoms with Crippen LogP contribution in [0.1, 0.15) is 18.5 Å². The number of hydrogen-bond donors (Lipinski definition) is 2. The van der Waals surface area contributed by atoms with E-state index in [0.29, 0.717) is 11.4 Å². The molecule has 3 N–H and O–H groups in total. The van der Waals surface area contributed by atoms with E-state index in [1.807, 2.05) is 0 Å². The number of hydrogen-bond acceptors (Lipinski definition) is 5. The molecule has 3 rings (SSSR count). The van der Waals surface area contributed by atoms with Crippen molar-refractivity contribution < 1.29 is 4.39 Å². The van der Waals surface area contributed by atoms with Crippen LogP contribution >= 0.6 is 0 Å². The van der Waals surface area contributed by atoms with Gasteiger partial charge < -0.3 is 10.6 Å². The van der Waals surface area contributed by atoms with Crippen molar-refractivity contribution in [2.75, 3.05) is 23.7 Å². The van der Waals surface area contributed by atoms with Gasteiger partial charge in [0, 0.05) is 19.2 Å². The molecule has 1 saturated heterocycles. The summed E-state index contributed by atoms with van der Waals surface area (Å²) < 4.78 is 13.9. The van der Waals surface area contributed by atoms with Crippen LogP contribution in [0.2, 0.25) is 0 Å². The predicted octanol–water partition coefficient (Wildman–Crippen LogP) is 1.50. The van der Waals surface area contributed by atoms with Crippen LogP contribution in [-0.2, 0) is 0 Å². The largest absolute Gasteiger partial charge is 0.368 e. The number of H-pyrrole nitrogens is 1. The predicted molar refractivity (Wildman–Crippen MR) is 70.2 cm³/mol. The SMILES string of the molecule is Cc1[nH]nc(-c2cc(N3CCCC3)nc(N)n2)c1F. The number of aromatic nitrogens is 4. The highest BCUT2D eigenvalue weighted by atomic mass is 19.1. The number of halogens is 1. The topological polar surface area (TPSA) is 83.7 Å². The van der Waals surface area contributed by atoms with Crippen molar-refractivity contribution in [3.8, 4) is 11.4 Å². The highest BCUT2D eigenvalue weighted by molar-refractivity contribution is 5.62. The lowest BCUT2D eigenvalue weighted by Crippen LogP contribution is -2.19. The van der Waals surface area contributed by atoms with E-state index in [1.165, 1.54) is 0 Å². The zero-order valence-electron chi connectivity index (χ0n) is 10.6. The van der Waals surface area contributed by atoms with Gasteiger partial charge in [-0.05, 0) is 19.8 Å². The number of nitrogen functional groups attached to an aromatic ring is 1. The van der Waals surface area contributed by atoms with Crippen LogP contribution in [0, 0.1) is 12.7 Å². The minimum atomic E-state index is -0.398. The number of nitrogens with two attached hydrogens (primary N) is 1. The Kier molecular flexibility index (Phi) is 2.81. The first-order valence-corrected chi connectivity index (χ1v) is 6.25. The van der Waals surface area contributed by atoms with Gasteiger partial charge >= 0.3 is 0 Å². The van der Waals surface area contributed by atoms with Gasteiger partial charge in [0.2, 0.25) is 5.95 Å². The minimum absolute atomic E-state index is 0.138. The Hall–Kier alpha value is -2.18. The van der Waals surface area contributed by atoms with Crippen molar-refractivity contribution in [3.05, 3.63) is 17.6 Å². The molecule has 3 heterocycles. The molecular formula is C12H15FN6. The molecule has 0 atom stereocenters. The molecule has 0 bridgehead atoms. The second kappa shape index (κ2) is 4.49. The molecule has 7 heteroatoms. The summed E-state index contributed by atoms with van der Waals surface area (Å²) in [7, 11) is 0. The molecule has 0 saturated carbocycles. The van der Waals surface area contributed by atoms with Gasteiger partial charge in [-0.3, -0.25) is 5.10 Å². The number of rotatable bonds is 2. The Bertz CT molecular complexity index is 602. The van der Waals surface area contributed by atoms with E-state index in [-0.39, 0.29) is 11.6 Å². The first-order valence-electron chi connectivity index (χ1n) is 6.25. The number of nitrogens with zero attached hydrogens (tertiary/aromatic N) is 4. The van der Waals surface area contributed by atoms with E-state index in [2.05, 4.69) is 25.1 Å². The van der Waals surface area contributed by atoms with Gasteiger partial charge in [-0.1, -0.05) is 0 Å². The molecule has 6 nitrogen and oxygen atoms in total. The Morgan fingerprint density at radius 1 is 1.32 bits per heavy atom. The van der Waals surface area contributed by atoms with Crippen molar-refractivity contribution in [1.29, 1.82) is 0 Å². The molecule has 1 fully saturated rings. The van der Waals surface area contributed by atoms with E-state index in [4.69, 9.17) is 5.73 Å². The summed E-state index contributed by atoms with van der Waals surface area (Å²) in [6.45, 7) is 3.51. The third-order valence-electron chi connectivity index (χ3n) is 3.28. The molecule has 0 aromatic carbocycles. The van der Waals surface area contributed by atoms with Crippen molar-refractivity contribution >= 4 is 11.8 Å². The highest BCUT2D eigenvalue weighted by Crippen LogP contribution is 2.26. The Balaban J connectivity index is 2.04. The first-order chi connectivity index (χ1) is 9.15. The molecule has 0 unspecified atom stereocenters. The number of aromatic amines is 1. The monoisotopic (exact) mass is 262 g/mol. The van der Waals surface area contributed by atoms with E-state index in [0.717, 1.165) is 31.7 Å². The molecule has 100 valence electrons. The summed E-state index contributed by atoms with van der Waals surface area (Å²) in [5.74, 6) is 0.477. The number of nitrogens with one attached hydrogen (secondary N) is 1. The quantitative estimate of drug-likeness (QED) is 0.856. The standard InChI is InChI=1S/C12H15FN6/c1-7-10(13)11(18-17-7)8-6-9(16-12(14)15-8)19-4-2-3-5-19/h6H,2-5H2,1H3,(H,17,18)(H2,14,15,16). The molecule has 0 aliphatic carbocycles. The molecule has 0 spiro atoms. The molecule has 19 heavy (non-hydrogen) atoms. The van der Waals surface area contributed by atoms with Gasteiger partial charge in [0.1, 0.15) is 17.2 Å². The van der Waals surface area contributed by atoms with Gasteiger partial charge in [-0.25, -0.2) is 9.37 Å². The second-order valence-electron chi connectivity index (χ2n) is 4.67. The lowest BCUT2D eigenvalue weighted by atomic mass is 10.2. The fraction of sp³-hybridized carbons (Fsp3) is 0.417. The Labute approximate surface area is 109 Å². The average molecular weight is 262 g/mol. The summed E-state index contributed by atoms with van der Waals surface area (Å²) in [4.78, 5) is 10.4. The van der Waals surface area contributed by atoms with Crippen molar-refractivity contribution in [2.45, 2.75) is 19.8 Å². The molecule has 0 radical (unpaired) electrons. The van der Waals surface area contributed by atoms with Crippen LogP contribution in [0.3, 0.4) is 0 Å². The van der Waals surface area contributed by atoms with Crippen LogP contribution < -0.4 is 10.6 Å². The Morgan fingerprint density at radius 2 is 2.05 bits per heavy atom. The zero-order chi connectivity index (χ0) is 13.4. The van der Waals surface area contributed by atoms with E-state index in [9.17, 15) is 4.39 Å². The highest BCUT2D eigenvalue weighted by Gasteiger charge is 2.19. The maximum Gasteiger partial charge on any atom is 0.222 e. The smallest absolute Gasteiger partial charge is 0.222 e.